The van der Waals surface area contributed by atoms with Gasteiger partial charge in [0.05, 0.1) is 12.2 Å². The largest absolute Gasteiger partial charge is 0.493 e. The summed E-state index contributed by atoms with van der Waals surface area (Å²) in [7, 11) is 0. The van der Waals surface area contributed by atoms with Crippen molar-refractivity contribution in [3.63, 3.8) is 0 Å². The van der Waals surface area contributed by atoms with Crippen molar-refractivity contribution in [3.05, 3.63) is 53.4 Å². The number of aryl methyl sites for hydroxylation is 1. The number of aromatic nitrogens is 2. The second kappa shape index (κ2) is 10.9. The van der Waals surface area contributed by atoms with E-state index in [-0.39, 0.29) is 5.56 Å². The van der Waals surface area contributed by atoms with Gasteiger partial charge in [-0.3, -0.25) is 0 Å². The van der Waals surface area contributed by atoms with Gasteiger partial charge in [-0.2, -0.15) is 5.26 Å². The van der Waals surface area contributed by atoms with Crippen LogP contribution in [0.15, 0.2) is 30.6 Å². The molecule has 0 unspecified atom stereocenters. The first-order valence-corrected chi connectivity index (χ1v) is 10.8. The molecule has 29 heavy (non-hydrogen) atoms. The van der Waals surface area contributed by atoms with E-state index < -0.39 is 5.82 Å². The fraction of sp³-hybridized carbons (Fsp3) is 0.542. The topological polar surface area (TPSA) is 58.8 Å². The number of hydrogen-bond acceptors (Lipinski definition) is 4. The van der Waals surface area contributed by atoms with Gasteiger partial charge in [0.2, 0.25) is 0 Å². The zero-order valence-electron chi connectivity index (χ0n) is 17.2. The Morgan fingerprint density at radius 2 is 1.86 bits per heavy atom. The molecule has 3 rings (SSSR count). The molecule has 1 heterocycles. The van der Waals surface area contributed by atoms with Crippen LogP contribution in [0, 0.1) is 23.1 Å². The standard InChI is InChI=1S/C24H30FN3O/c1-2-3-4-5-6-19-15-27-24(28-16-19)20-9-7-18(8-10-20)17-29-22-12-11-21(14-26)23(25)13-22/h11-13,15-16,18,20H,2-10,17H2,1H3. The fourth-order valence-electron chi connectivity index (χ4n) is 3.94. The summed E-state index contributed by atoms with van der Waals surface area (Å²) in [4.78, 5) is 9.27. The Morgan fingerprint density at radius 3 is 2.52 bits per heavy atom. The normalized spacial score (nSPS) is 18.9. The number of hydrogen-bond donors (Lipinski definition) is 0. The van der Waals surface area contributed by atoms with Gasteiger partial charge in [0.15, 0.2) is 0 Å². The van der Waals surface area contributed by atoms with Gasteiger partial charge in [0, 0.05) is 24.4 Å². The summed E-state index contributed by atoms with van der Waals surface area (Å²) in [5, 5.41) is 8.79. The van der Waals surface area contributed by atoms with E-state index in [4.69, 9.17) is 10.00 Å². The quantitative estimate of drug-likeness (QED) is 0.491. The molecule has 0 atom stereocenters. The highest BCUT2D eigenvalue weighted by atomic mass is 19.1. The predicted molar refractivity (Wildman–Crippen MR) is 111 cm³/mol. The Labute approximate surface area is 173 Å². The molecular weight excluding hydrogens is 365 g/mol. The summed E-state index contributed by atoms with van der Waals surface area (Å²) in [6.45, 7) is 2.81. The molecule has 1 aromatic heterocycles. The average molecular weight is 396 g/mol. The van der Waals surface area contributed by atoms with Crippen molar-refractivity contribution in [2.75, 3.05) is 6.61 Å². The van der Waals surface area contributed by atoms with Crippen molar-refractivity contribution in [1.29, 1.82) is 5.26 Å². The molecular formula is C24H30FN3O. The highest BCUT2D eigenvalue weighted by molar-refractivity contribution is 5.36. The summed E-state index contributed by atoms with van der Waals surface area (Å²) < 4.78 is 19.4. The molecule has 0 spiro atoms. The lowest BCUT2D eigenvalue weighted by molar-refractivity contribution is 0.197. The molecule has 1 aliphatic carbocycles. The van der Waals surface area contributed by atoms with Crippen molar-refractivity contribution >= 4 is 0 Å². The monoisotopic (exact) mass is 395 g/mol. The van der Waals surface area contributed by atoms with E-state index in [0.717, 1.165) is 37.9 Å². The van der Waals surface area contributed by atoms with Crippen molar-refractivity contribution in [3.8, 4) is 11.8 Å². The van der Waals surface area contributed by atoms with Crippen LogP contribution >= 0.6 is 0 Å². The molecule has 1 fully saturated rings. The van der Waals surface area contributed by atoms with Crippen LogP contribution in [0.25, 0.3) is 0 Å². The van der Waals surface area contributed by atoms with Gasteiger partial charge in [-0.25, -0.2) is 14.4 Å². The maximum atomic E-state index is 13.7. The van der Waals surface area contributed by atoms with E-state index in [9.17, 15) is 4.39 Å². The van der Waals surface area contributed by atoms with Crippen LogP contribution in [0.5, 0.6) is 5.75 Å². The van der Waals surface area contributed by atoms with Gasteiger partial charge in [0.25, 0.3) is 0 Å². The number of unbranched alkanes of at least 4 members (excludes halogenated alkanes) is 3. The maximum absolute atomic E-state index is 13.7. The minimum Gasteiger partial charge on any atom is -0.493 e. The molecule has 0 saturated heterocycles. The van der Waals surface area contributed by atoms with E-state index in [2.05, 4.69) is 16.9 Å². The molecule has 4 nitrogen and oxygen atoms in total. The summed E-state index contributed by atoms with van der Waals surface area (Å²) >= 11 is 0. The highest BCUT2D eigenvalue weighted by Crippen LogP contribution is 2.34. The van der Waals surface area contributed by atoms with E-state index in [1.165, 1.54) is 43.4 Å². The van der Waals surface area contributed by atoms with Crippen LogP contribution in [-0.2, 0) is 6.42 Å². The highest BCUT2D eigenvalue weighted by Gasteiger charge is 2.24. The molecule has 1 aromatic carbocycles. The van der Waals surface area contributed by atoms with Crippen LogP contribution in [0.1, 0.15) is 81.2 Å². The third kappa shape index (κ3) is 6.25. The number of nitriles is 1. The van der Waals surface area contributed by atoms with Crippen LogP contribution in [0.4, 0.5) is 4.39 Å². The summed E-state index contributed by atoms with van der Waals surface area (Å²) in [6.07, 6.45) is 14.4. The van der Waals surface area contributed by atoms with Crippen molar-refractivity contribution in [2.24, 2.45) is 5.92 Å². The predicted octanol–water partition coefficient (Wildman–Crippen LogP) is 5.96. The Kier molecular flexibility index (Phi) is 7.98. The smallest absolute Gasteiger partial charge is 0.144 e. The first kappa shape index (κ1) is 21.2. The summed E-state index contributed by atoms with van der Waals surface area (Å²) in [5.41, 5.74) is 1.28. The molecule has 0 bridgehead atoms. The van der Waals surface area contributed by atoms with Gasteiger partial charge in [-0.15, -0.1) is 0 Å². The van der Waals surface area contributed by atoms with Gasteiger partial charge in [0.1, 0.15) is 23.5 Å². The van der Waals surface area contributed by atoms with Gasteiger partial charge in [-0.05, 0) is 62.1 Å². The van der Waals surface area contributed by atoms with Crippen LogP contribution in [-0.4, -0.2) is 16.6 Å². The second-order valence-corrected chi connectivity index (χ2v) is 8.04. The molecule has 154 valence electrons. The molecule has 2 aromatic rings. The Balaban J connectivity index is 1.42. The van der Waals surface area contributed by atoms with E-state index >= 15 is 0 Å². The first-order valence-electron chi connectivity index (χ1n) is 10.8. The van der Waals surface area contributed by atoms with Crippen LogP contribution < -0.4 is 4.74 Å². The van der Waals surface area contributed by atoms with Crippen LogP contribution in [0.3, 0.4) is 0 Å². The third-order valence-electron chi connectivity index (χ3n) is 5.80. The molecule has 1 saturated carbocycles. The lowest BCUT2D eigenvalue weighted by Crippen LogP contribution is -2.20. The van der Waals surface area contributed by atoms with Crippen LogP contribution in [0.2, 0.25) is 0 Å². The average Bonchev–Trinajstić information content (AvgIpc) is 2.76. The fourth-order valence-corrected chi connectivity index (χ4v) is 3.94. The molecule has 5 heteroatoms. The molecule has 0 aliphatic heterocycles. The number of benzene rings is 1. The molecule has 0 N–H and O–H groups in total. The number of rotatable bonds is 9. The third-order valence-corrected chi connectivity index (χ3v) is 5.80. The van der Waals surface area contributed by atoms with Gasteiger partial charge >= 0.3 is 0 Å². The number of nitrogens with zero attached hydrogens (tertiary/aromatic N) is 3. The Bertz CT molecular complexity index is 808. The first-order chi connectivity index (χ1) is 14.2. The minimum absolute atomic E-state index is 0.0461. The minimum atomic E-state index is -0.528. The van der Waals surface area contributed by atoms with E-state index in [1.807, 2.05) is 18.5 Å². The Hall–Kier alpha value is -2.48. The van der Waals surface area contributed by atoms with E-state index in [1.54, 1.807) is 6.07 Å². The van der Waals surface area contributed by atoms with Crippen molar-refractivity contribution < 1.29 is 9.13 Å². The lowest BCUT2D eigenvalue weighted by Gasteiger charge is -2.27. The lowest BCUT2D eigenvalue weighted by atomic mass is 9.82. The molecule has 1 aliphatic rings. The zero-order chi connectivity index (χ0) is 20.5. The molecule has 0 radical (unpaired) electrons. The van der Waals surface area contributed by atoms with Gasteiger partial charge in [-0.1, -0.05) is 26.2 Å². The van der Waals surface area contributed by atoms with Gasteiger partial charge < -0.3 is 4.74 Å². The van der Waals surface area contributed by atoms with E-state index in [0.29, 0.717) is 24.2 Å². The number of ether oxygens (including phenoxy) is 1. The summed E-state index contributed by atoms with van der Waals surface area (Å²) in [6, 6.07) is 6.24. The van der Waals surface area contributed by atoms with Crippen molar-refractivity contribution in [2.45, 2.75) is 70.6 Å². The molecule has 0 amide bonds. The maximum Gasteiger partial charge on any atom is 0.144 e. The SMILES string of the molecule is CCCCCCc1cnc(C2CCC(COc3ccc(C#N)c(F)c3)CC2)nc1. The Morgan fingerprint density at radius 1 is 1.10 bits per heavy atom. The second-order valence-electron chi connectivity index (χ2n) is 8.04. The van der Waals surface area contributed by atoms with Crippen molar-refractivity contribution in [1.82, 2.24) is 9.97 Å². The zero-order valence-corrected chi connectivity index (χ0v) is 17.2. The summed E-state index contributed by atoms with van der Waals surface area (Å²) in [5.74, 6) is 1.81. The number of halogens is 1.